The molecule has 14 aromatic carbocycles. The van der Waals surface area contributed by atoms with Crippen molar-refractivity contribution in [2.75, 3.05) is 0 Å². The normalized spacial score (nSPS) is 11.7. The Morgan fingerprint density at radius 2 is 0.576 bits per heavy atom. The molecule has 0 aliphatic carbocycles. The molecular formula is C106H67N9S3. The van der Waals surface area contributed by atoms with Gasteiger partial charge in [-0.2, -0.15) is 0 Å². The second-order valence-electron chi connectivity index (χ2n) is 29.7. The molecule has 0 N–H and O–H groups in total. The van der Waals surface area contributed by atoms with E-state index in [-0.39, 0.29) is 0 Å². The molecule has 0 saturated carbocycles. The summed E-state index contributed by atoms with van der Waals surface area (Å²) in [6.07, 6.45) is 6.10. The molecule has 0 aliphatic rings. The highest BCUT2D eigenvalue weighted by Crippen LogP contribution is 2.48. The van der Waals surface area contributed by atoms with Gasteiger partial charge in [0.15, 0.2) is 0 Å². The number of thiophene rings is 3. The number of imidazole rings is 2. The molecule has 0 radical (unpaired) electrons. The molecule has 0 bridgehead atoms. The Morgan fingerprint density at radius 1 is 0.237 bits per heavy atom. The van der Waals surface area contributed by atoms with Crippen LogP contribution in [0.5, 0.6) is 0 Å². The predicted molar refractivity (Wildman–Crippen MR) is 497 cm³/mol. The van der Waals surface area contributed by atoms with Gasteiger partial charge in [0.05, 0.1) is 61.4 Å². The molecule has 0 aliphatic heterocycles. The Balaban J connectivity index is 0.000000105. The van der Waals surface area contributed by atoms with Crippen LogP contribution < -0.4 is 0 Å². The smallest absolute Gasteiger partial charge is 0.235 e. The average Bonchev–Trinajstić information content (AvgIpc) is 1.57. The molecule has 9 nitrogen and oxygen atoms in total. The molecule has 11 aromatic heterocycles. The lowest BCUT2D eigenvalue weighted by Gasteiger charge is -2.10. The van der Waals surface area contributed by atoms with E-state index in [1.807, 2.05) is 82.7 Å². The van der Waals surface area contributed by atoms with Gasteiger partial charge < -0.3 is 9.13 Å². The van der Waals surface area contributed by atoms with Crippen LogP contribution in [-0.4, -0.2) is 42.4 Å². The summed E-state index contributed by atoms with van der Waals surface area (Å²) < 4.78 is 15.3. The lowest BCUT2D eigenvalue weighted by molar-refractivity contribution is 1.01. The van der Waals surface area contributed by atoms with Crippen LogP contribution in [0.2, 0.25) is 0 Å². The highest BCUT2D eigenvalue weighted by atomic mass is 32.1. The summed E-state index contributed by atoms with van der Waals surface area (Å²) >= 11 is 5.61. The zero-order valence-corrected chi connectivity index (χ0v) is 65.9. The van der Waals surface area contributed by atoms with E-state index in [1.54, 1.807) is 0 Å². The van der Waals surface area contributed by atoms with E-state index < -0.39 is 0 Å². The van der Waals surface area contributed by atoms with Gasteiger partial charge in [-0.3, -0.25) is 13.4 Å². The molecule has 118 heavy (non-hydrogen) atoms. The van der Waals surface area contributed by atoms with Crippen LogP contribution in [0.25, 0.3) is 212 Å². The van der Waals surface area contributed by atoms with Crippen LogP contribution in [0, 0.1) is 0 Å². The molecule has 0 spiro atoms. The van der Waals surface area contributed by atoms with Gasteiger partial charge in [0.1, 0.15) is 11.3 Å². The Kier molecular flexibility index (Phi) is 16.6. The average molecular weight is 1560 g/mol. The van der Waals surface area contributed by atoms with Crippen molar-refractivity contribution in [3.8, 4) is 93.7 Å². The predicted octanol–water partition coefficient (Wildman–Crippen LogP) is 28.9. The number of hydrogen-bond donors (Lipinski definition) is 0. The SMILES string of the molecule is c1ccc(-c2cc3ccc4c(c5ccccc5n4-c4ccc(-c5c(-c6ccccc6)nc6ccccn56)cc4)c3s2)cc1.c1ccc(-c2cc3ccc4c(c5ccccc5n4-c4ccc(-c5nc6ccccn6c5-c5ccccc5)cc4)c3s2)cc1.c1ccc(-c2cc3ccc4c(c5ccccc5n4-c4ncc5ccccc5n4)c3s2)cc1. The molecule has 11 heterocycles. The number of fused-ring (bicyclic) bond motifs is 18. The molecule has 554 valence electrons. The third kappa shape index (κ3) is 11.6. The topological polar surface area (TPSA) is 75.2 Å². The number of nitrogens with zero attached hydrogens (tertiary/aromatic N) is 9. The number of aromatic nitrogens is 9. The van der Waals surface area contributed by atoms with Crippen LogP contribution >= 0.6 is 34.0 Å². The number of rotatable bonds is 10. The van der Waals surface area contributed by atoms with Crippen LogP contribution in [-0.2, 0) is 0 Å². The maximum Gasteiger partial charge on any atom is 0.235 e. The van der Waals surface area contributed by atoms with E-state index >= 15 is 0 Å². The Bertz CT molecular complexity index is 8150. The monoisotopic (exact) mass is 1560 g/mol. The van der Waals surface area contributed by atoms with E-state index in [0.717, 1.165) is 89.6 Å². The first kappa shape index (κ1) is 68.7. The second-order valence-corrected chi connectivity index (χ2v) is 32.8. The fourth-order valence-electron chi connectivity index (χ4n) is 17.4. The van der Waals surface area contributed by atoms with Gasteiger partial charge in [0, 0.05) is 119 Å². The van der Waals surface area contributed by atoms with E-state index in [9.17, 15) is 0 Å². The number of hydrogen-bond acceptors (Lipinski definition) is 7. The molecule has 25 rings (SSSR count). The zero-order chi connectivity index (χ0) is 77.7. The molecule has 0 atom stereocenters. The summed E-state index contributed by atoms with van der Waals surface area (Å²) in [6.45, 7) is 0. The minimum atomic E-state index is 0.703. The van der Waals surface area contributed by atoms with E-state index in [1.165, 1.54) is 116 Å². The third-order valence-electron chi connectivity index (χ3n) is 22.8. The van der Waals surface area contributed by atoms with Crippen LogP contribution in [0.1, 0.15) is 0 Å². The molecule has 0 unspecified atom stereocenters. The van der Waals surface area contributed by atoms with E-state index in [2.05, 4.69) is 381 Å². The maximum atomic E-state index is 5.07. The summed E-state index contributed by atoms with van der Waals surface area (Å²) in [6, 6.07) is 138. The lowest BCUT2D eigenvalue weighted by Crippen LogP contribution is -2.00. The number of benzene rings is 14. The number of pyridine rings is 2. The van der Waals surface area contributed by atoms with E-state index in [0.29, 0.717) is 5.95 Å². The lowest BCUT2D eigenvalue weighted by atomic mass is 10.0. The molecule has 0 amide bonds. The number of para-hydroxylation sites is 4. The molecular weight excluding hydrogens is 1500 g/mol. The summed E-state index contributed by atoms with van der Waals surface area (Å²) in [5.74, 6) is 0.703. The minimum Gasteiger partial charge on any atom is -0.309 e. The summed E-state index contributed by atoms with van der Waals surface area (Å²) in [4.78, 5) is 23.6. The van der Waals surface area contributed by atoms with Crippen molar-refractivity contribution in [1.29, 1.82) is 0 Å². The Hall–Kier alpha value is -14.9. The van der Waals surface area contributed by atoms with Gasteiger partial charge in [0.25, 0.3) is 0 Å². The van der Waals surface area contributed by atoms with Crippen molar-refractivity contribution in [1.82, 2.24) is 42.4 Å². The first-order valence-electron chi connectivity index (χ1n) is 39.6. The van der Waals surface area contributed by atoms with Crippen LogP contribution in [0.3, 0.4) is 0 Å². The molecule has 12 heteroatoms. The van der Waals surface area contributed by atoms with E-state index in [4.69, 9.17) is 19.9 Å². The highest BCUT2D eigenvalue weighted by Gasteiger charge is 2.24. The highest BCUT2D eigenvalue weighted by molar-refractivity contribution is 7.24. The Morgan fingerprint density at radius 3 is 1.02 bits per heavy atom. The van der Waals surface area contributed by atoms with Gasteiger partial charge in [-0.15, -0.1) is 34.0 Å². The van der Waals surface area contributed by atoms with Gasteiger partial charge in [0.2, 0.25) is 5.95 Å². The van der Waals surface area contributed by atoms with Gasteiger partial charge in [-0.1, -0.05) is 279 Å². The van der Waals surface area contributed by atoms with Crippen molar-refractivity contribution in [2.45, 2.75) is 0 Å². The van der Waals surface area contributed by atoms with Crippen molar-refractivity contribution < 1.29 is 0 Å². The van der Waals surface area contributed by atoms with Gasteiger partial charge in [-0.25, -0.2) is 19.9 Å². The molecule has 0 saturated heterocycles. The van der Waals surface area contributed by atoms with Crippen molar-refractivity contribution in [2.24, 2.45) is 0 Å². The summed E-state index contributed by atoms with van der Waals surface area (Å²) in [5, 5.41) is 12.6. The molecule has 0 fully saturated rings. The maximum absolute atomic E-state index is 5.07. The standard InChI is InChI=1S/2C39H25N3S.C28H17N3S/c1-3-11-26(12-4-1)34-25-29-20-23-33-36(39(29)43-34)31-15-7-8-16-32(31)42(33)30-21-18-27(19-22-30)37-38(28-13-5-2-6-14-28)41-24-10-9-17-35(41)40-37;1-3-11-26(12-4-1)34-25-29-20-23-33-36(39(29)43-34)31-15-7-8-16-32(31)42(33)30-21-18-28(19-22-30)38-37(27-13-5-2-6-14-27)40-35-17-9-10-24-41(35)38;1-2-8-18(9-3-1)25-16-19-14-15-24-26(27(19)32-25)21-11-5-7-13-23(21)31(24)28-29-17-20-10-4-6-12-22(20)30-28/h2*1-25H;1-17H. The first-order chi connectivity index (χ1) is 58.5. The van der Waals surface area contributed by atoms with Gasteiger partial charge in [-0.05, 0) is 142 Å². The largest absolute Gasteiger partial charge is 0.309 e. The van der Waals surface area contributed by atoms with Crippen molar-refractivity contribution in [3.63, 3.8) is 0 Å². The third-order valence-corrected chi connectivity index (χ3v) is 26.4. The van der Waals surface area contributed by atoms with Crippen LogP contribution in [0.15, 0.2) is 407 Å². The Labute approximate surface area is 689 Å². The fraction of sp³-hybridized carbons (Fsp3) is 0. The second kappa shape index (κ2) is 28.6. The van der Waals surface area contributed by atoms with Crippen molar-refractivity contribution in [3.05, 3.63) is 407 Å². The van der Waals surface area contributed by atoms with Crippen molar-refractivity contribution >= 4 is 152 Å². The van der Waals surface area contributed by atoms with Crippen LogP contribution in [0.4, 0.5) is 0 Å². The zero-order valence-electron chi connectivity index (χ0n) is 63.4. The van der Waals surface area contributed by atoms with Gasteiger partial charge >= 0.3 is 0 Å². The quantitative estimate of drug-likeness (QED) is 0.137. The first-order valence-corrected chi connectivity index (χ1v) is 42.0. The fourth-order valence-corrected chi connectivity index (χ4v) is 21.1. The molecule has 25 aromatic rings. The summed E-state index contributed by atoms with van der Waals surface area (Å²) in [5.41, 5.74) is 24.7. The summed E-state index contributed by atoms with van der Waals surface area (Å²) in [7, 11) is 0. The minimum absolute atomic E-state index is 0.703.